The van der Waals surface area contributed by atoms with E-state index >= 15 is 0 Å². The van der Waals surface area contributed by atoms with Crippen LogP contribution in [0.25, 0.3) is 22.9 Å². The number of hydrogen-bond acceptors (Lipinski definition) is 3. The molecule has 3 nitrogen and oxygen atoms in total. The Morgan fingerprint density at radius 1 is 0.864 bits per heavy atom. The Morgan fingerprint density at radius 3 is 2.09 bits per heavy atom. The van der Waals surface area contributed by atoms with Crippen molar-refractivity contribution in [2.75, 3.05) is 0 Å². The number of rotatable bonds is 2. The van der Waals surface area contributed by atoms with E-state index in [-0.39, 0.29) is 5.41 Å². The Morgan fingerprint density at radius 2 is 1.50 bits per heavy atom. The second kappa shape index (κ2) is 5.69. The van der Waals surface area contributed by atoms with Gasteiger partial charge in [-0.05, 0) is 41.3 Å². The van der Waals surface area contributed by atoms with Crippen LogP contribution >= 0.6 is 15.9 Å². The number of nitrogens with zero attached hydrogens (tertiary/aromatic N) is 2. The summed E-state index contributed by atoms with van der Waals surface area (Å²) in [5.41, 5.74) is 3.25. The molecule has 4 heteroatoms. The molecule has 112 valence electrons. The van der Waals surface area contributed by atoms with E-state index in [1.165, 1.54) is 5.56 Å². The van der Waals surface area contributed by atoms with Gasteiger partial charge < -0.3 is 4.42 Å². The SMILES string of the molecule is CC(C)(C)c1ccc(-c2nnc(-c3cccc(Br)c3)o2)cc1. The van der Waals surface area contributed by atoms with Gasteiger partial charge in [-0.3, -0.25) is 0 Å². The predicted octanol–water partition coefficient (Wildman–Crippen LogP) is 5.46. The van der Waals surface area contributed by atoms with E-state index in [2.05, 4.69) is 59.0 Å². The second-order valence-electron chi connectivity index (χ2n) is 6.25. The molecule has 1 heterocycles. The fraction of sp³-hybridized carbons (Fsp3) is 0.222. The Bertz CT molecular complexity index is 785. The van der Waals surface area contributed by atoms with E-state index in [9.17, 15) is 0 Å². The van der Waals surface area contributed by atoms with Crippen LogP contribution < -0.4 is 0 Å². The standard InChI is InChI=1S/C18H17BrN2O/c1-18(2,3)14-9-7-12(8-10-14)16-20-21-17(22-16)13-5-4-6-15(19)11-13/h4-11H,1-3H3. The first-order valence-electron chi connectivity index (χ1n) is 7.14. The van der Waals surface area contributed by atoms with Crippen molar-refractivity contribution < 1.29 is 4.42 Å². The van der Waals surface area contributed by atoms with Crippen LogP contribution in [0, 0.1) is 0 Å². The van der Waals surface area contributed by atoms with Crippen molar-refractivity contribution in [1.82, 2.24) is 10.2 Å². The highest BCUT2D eigenvalue weighted by atomic mass is 79.9. The number of halogens is 1. The highest BCUT2D eigenvalue weighted by molar-refractivity contribution is 9.10. The third kappa shape index (κ3) is 3.12. The van der Waals surface area contributed by atoms with Gasteiger partial charge in [0.15, 0.2) is 0 Å². The third-order valence-corrected chi connectivity index (χ3v) is 3.99. The van der Waals surface area contributed by atoms with Crippen molar-refractivity contribution in [3.63, 3.8) is 0 Å². The lowest BCUT2D eigenvalue weighted by Crippen LogP contribution is -2.10. The molecular weight excluding hydrogens is 340 g/mol. The molecule has 0 radical (unpaired) electrons. The molecule has 0 aliphatic rings. The van der Waals surface area contributed by atoms with E-state index in [0.717, 1.165) is 15.6 Å². The summed E-state index contributed by atoms with van der Waals surface area (Å²) < 4.78 is 6.78. The van der Waals surface area contributed by atoms with Gasteiger partial charge in [-0.15, -0.1) is 10.2 Å². The molecule has 0 N–H and O–H groups in total. The Labute approximate surface area is 138 Å². The maximum atomic E-state index is 5.79. The van der Waals surface area contributed by atoms with Crippen molar-refractivity contribution in [3.05, 3.63) is 58.6 Å². The maximum Gasteiger partial charge on any atom is 0.248 e. The Balaban J connectivity index is 1.91. The quantitative estimate of drug-likeness (QED) is 0.611. The zero-order valence-electron chi connectivity index (χ0n) is 12.8. The molecule has 0 atom stereocenters. The summed E-state index contributed by atoms with van der Waals surface area (Å²) >= 11 is 3.45. The number of aromatic nitrogens is 2. The topological polar surface area (TPSA) is 38.9 Å². The Kier molecular flexibility index (Phi) is 3.87. The first-order valence-corrected chi connectivity index (χ1v) is 7.93. The molecule has 0 aliphatic heterocycles. The lowest BCUT2D eigenvalue weighted by Gasteiger charge is -2.18. The zero-order chi connectivity index (χ0) is 15.7. The van der Waals surface area contributed by atoms with Gasteiger partial charge in [0.05, 0.1) is 0 Å². The zero-order valence-corrected chi connectivity index (χ0v) is 14.4. The summed E-state index contributed by atoms with van der Waals surface area (Å²) in [4.78, 5) is 0. The van der Waals surface area contributed by atoms with Gasteiger partial charge in [0.1, 0.15) is 0 Å². The highest BCUT2D eigenvalue weighted by Crippen LogP contribution is 2.28. The van der Waals surface area contributed by atoms with Crippen molar-refractivity contribution in [2.45, 2.75) is 26.2 Å². The van der Waals surface area contributed by atoms with Crippen LogP contribution in [0.4, 0.5) is 0 Å². The lowest BCUT2D eigenvalue weighted by atomic mass is 9.87. The molecule has 0 saturated heterocycles. The van der Waals surface area contributed by atoms with Crippen LogP contribution in [-0.2, 0) is 5.41 Å². The van der Waals surface area contributed by atoms with Gasteiger partial charge >= 0.3 is 0 Å². The molecule has 22 heavy (non-hydrogen) atoms. The molecular formula is C18H17BrN2O. The summed E-state index contributed by atoms with van der Waals surface area (Å²) in [5, 5.41) is 8.29. The van der Waals surface area contributed by atoms with Gasteiger partial charge in [-0.2, -0.15) is 0 Å². The fourth-order valence-corrected chi connectivity index (χ4v) is 2.59. The minimum Gasteiger partial charge on any atom is -0.416 e. The van der Waals surface area contributed by atoms with E-state index < -0.39 is 0 Å². The van der Waals surface area contributed by atoms with Gasteiger partial charge in [-0.1, -0.05) is 54.9 Å². The summed E-state index contributed by atoms with van der Waals surface area (Å²) in [5.74, 6) is 1.06. The van der Waals surface area contributed by atoms with E-state index in [4.69, 9.17) is 4.42 Å². The molecule has 3 rings (SSSR count). The van der Waals surface area contributed by atoms with Crippen LogP contribution in [-0.4, -0.2) is 10.2 Å². The molecule has 0 bridgehead atoms. The predicted molar refractivity (Wildman–Crippen MR) is 91.6 cm³/mol. The summed E-state index contributed by atoms with van der Waals surface area (Å²) in [7, 11) is 0. The smallest absolute Gasteiger partial charge is 0.248 e. The van der Waals surface area contributed by atoms with Gasteiger partial charge in [0.25, 0.3) is 0 Å². The average Bonchev–Trinajstić information content (AvgIpc) is 2.96. The minimum absolute atomic E-state index is 0.134. The largest absolute Gasteiger partial charge is 0.416 e. The molecule has 0 saturated carbocycles. The maximum absolute atomic E-state index is 5.79. The minimum atomic E-state index is 0.134. The summed E-state index contributed by atoms with van der Waals surface area (Å²) in [6.07, 6.45) is 0. The first kappa shape index (κ1) is 15.0. The monoisotopic (exact) mass is 356 g/mol. The first-order chi connectivity index (χ1) is 10.4. The molecule has 2 aromatic carbocycles. The van der Waals surface area contributed by atoms with Crippen LogP contribution in [0.15, 0.2) is 57.4 Å². The summed E-state index contributed by atoms with van der Waals surface area (Å²) in [6, 6.07) is 16.1. The van der Waals surface area contributed by atoms with E-state index in [1.807, 2.05) is 36.4 Å². The molecule has 3 aromatic rings. The van der Waals surface area contributed by atoms with Crippen molar-refractivity contribution in [3.8, 4) is 22.9 Å². The van der Waals surface area contributed by atoms with Gasteiger partial charge in [0, 0.05) is 15.6 Å². The number of benzene rings is 2. The molecule has 0 fully saturated rings. The van der Waals surface area contributed by atoms with Crippen LogP contribution in [0.5, 0.6) is 0 Å². The normalized spacial score (nSPS) is 11.6. The summed E-state index contributed by atoms with van der Waals surface area (Å²) in [6.45, 7) is 6.58. The van der Waals surface area contributed by atoms with Crippen molar-refractivity contribution >= 4 is 15.9 Å². The highest BCUT2D eigenvalue weighted by Gasteiger charge is 2.15. The molecule has 0 spiro atoms. The van der Waals surface area contributed by atoms with Crippen molar-refractivity contribution in [1.29, 1.82) is 0 Å². The average molecular weight is 357 g/mol. The number of hydrogen-bond donors (Lipinski definition) is 0. The van der Waals surface area contributed by atoms with Crippen LogP contribution in [0.2, 0.25) is 0 Å². The lowest BCUT2D eigenvalue weighted by molar-refractivity contribution is 0.582. The molecule has 0 unspecified atom stereocenters. The van der Waals surface area contributed by atoms with Gasteiger partial charge in [0.2, 0.25) is 11.8 Å². The fourth-order valence-electron chi connectivity index (χ4n) is 2.19. The van der Waals surface area contributed by atoms with Crippen molar-refractivity contribution in [2.24, 2.45) is 0 Å². The Hall–Kier alpha value is -1.94. The third-order valence-electron chi connectivity index (χ3n) is 3.49. The molecule has 0 amide bonds. The molecule has 1 aromatic heterocycles. The second-order valence-corrected chi connectivity index (χ2v) is 7.17. The molecule has 0 aliphatic carbocycles. The van der Waals surface area contributed by atoms with E-state index in [0.29, 0.717) is 11.8 Å². The van der Waals surface area contributed by atoms with Crippen LogP contribution in [0.3, 0.4) is 0 Å². The van der Waals surface area contributed by atoms with E-state index in [1.54, 1.807) is 0 Å². The van der Waals surface area contributed by atoms with Crippen LogP contribution in [0.1, 0.15) is 26.3 Å². The van der Waals surface area contributed by atoms with Gasteiger partial charge in [-0.25, -0.2) is 0 Å².